The lowest BCUT2D eigenvalue weighted by Gasteiger charge is -2.01. The van der Waals surface area contributed by atoms with Crippen molar-refractivity contribution in [2.45, 2.75) is 19.4 Å². The average molecular weight is 170 g/mol. The van der Waals surface area contributed by atoms with Crippen molar-refractivity contribution in [2.24, 2.45) is 0 Å². The second-order valence-corrected chi connectivity index (χ2v) is 3.43. The quantitative estimate of drug-likeness (QED) is 0.704. The number of aldehydes is 1. The van der Waals surface area contributed by atoms with Crippen LogP contribution in [0.2, 0.25) is 0 Å². The van der Waals surface area contributed by atoms with Gasteiger partial charge in [0, 0.05) is 4.88 Å². The van der Waals surface area contributed by atoms with Gasteiger partial charge in [-0.1, -0.05) is 6.92 Å². The minimum atomic E-state index is -0.409. The fourth-order valence-electron chi connectivity index (χ4n) is 0.812. The van der Waals surface area contributed by atoms with Crippen molar-refractivity contribution < 1.29 is 9.90 Å². The number of carbonyl (C=O) groups excluding carboxylic acids is 1. The van der Waals surface area contributed by atoms with Crippen LogP contribution in [0.25, 0.3) is 0 Å². The van der Waals surface area contributed by atoms with Crippen LogP contribution < -0.4 is 0 Å². The molecule has 0 radical (unpaired) electrons. The van der Waals surface area contributed by atoms with Crippen LogP contribution in [0.15, 0.2) is 12.1 Å². The van der Waals surface area contributed by atoms with Gasteiger partial charge in [0.2, 0.25) is 0 Å². The zero-order chi connectivity index (χ0) is 8.27. The zero-order valence-electron chi connectivity index (χ0n) is 6.28. The number of rotatable bonds is 3. The van der Waals surface area contributed by atoms with Gasteiger partial charge in [-0.3, -0.25) is 4.79 Å². The van der Waals surface area contributed by atoms with Crippen LogP contribution in [0.5, 0.6) is 0 Å². The van der Waals surface area contributed by atoms with Crippen LogP contribution in [0.3, 0.4) is 0 Å². The van der Waals surface area contributed by atoms with E-state index in [0.717, 1.165) is 11.2 Å². The fourth-order valence-corrected chi connectivity index (χ4v) is 1.71. The summed E-state index contributed by atoms with van der Waals surface area (Å²) in [6.45, 7) is 1.91. The van der Waals surface area contributed by atoms with Crippen molar-refractivity contribution in [1.29, 1.82) is 0 Å². The SMILES string of the molecule is CCC(O)c1ccc(C=O)s1. The van der Waals surface area contributed by atoms with Gasteiger partial charge in [-0.15, -0.1) is 11.3 Å². The summed E-state index contributed by atoms with van der Waals surface area (Å²) in [7, 11) is 0. The van der Waals surface area contributed by atoms with Gasteiger partial charge in [0.15, 0.2) is 6.29 Å². The Morgan fingerprint density at radius 2 is 2.45 bits per heavy atom. The molecule has 0 saturated carbocycles. The number of thiophene rings is 1. The molecule has 3 heteroatoms. The van der Waals surface area contributed by atoms with Gasteiger partial charge in [-0.2, -0.15) is 0 Å². The van der Waals surface area contributed by atoms with E-state index < -0.39 is 6.10 Å². The molecule has 11 heavy (non-hydrogen) atoms. The van der Waals surface area contributed by atoms with Gasteiger partial charge in [0.05, 0.1) is 11.0 Å². The molecule has 1 rings (SSSR count). The van der Waals surface area contributed by atoms with E-state index in [9.17, 15) is 9.90 Å². The van der Waals surface area contributed by atoms with E-state index in [1.54, 1.807) is 12.1 Å². The molecule has 1 unspecified atom stereocenters. The highest BCUT2D eigenvalue weighted by molar-refractivity contribution is 7.13. The predicted molar refractivity (Wildman–Crippen MR) is 45.0 cm³/mol. The molecule has 1 aromatic rings. The lowest BCUT2D eigenvalue weighted by Crippen LogP contribution is -1.89. The lowest BCUT2D eigenvalue weighted by atomic mass is 10.2. The Morgan fingerprint density at radius 1 is 1.73 bits per heavy atom. The van der Waals surface area contributed by atoms with E-state index in [2.05, 4.69) is 0 Å². The smallest absolute Gasteiger partial charge is 0.160 e. The minimum absolute atomic E-state index is 0.409. The average Bonchev–Trinajstić information content (AvgIpc) is 2.50. The Hall–Kier alpha value is -0.670. The minimum Gasteiger partial charge on any atom is -0.388 e. The normalized spacial score (nSPS) is 12.9. The van der Waals surface area contributed by atoms with Crippen molar-refractivity contribution in [2.75, 3.05) is 0 Å². The number of hydrogen-bond acceptors (Lipinski definition) is 3. The number of aliphatic hydroxyl groups is 1. The molecule has 1 heterocycles. The van der Waals surface area contributed by atoms with Crippen molar-refractivity contribution in [3.63, 3.8) is 0 Å². The van der Waals surface area contributed by atoms with Crippen molar-refractivity contribution in [1.82, 2.24) is 0 Å². The monoisotopic (exact) mass is 170 g/mol. The largest absolute Gasteiger partial charge is 0.388 e. The summed E-state index contributed by atoms with van der Waals surface area (Å²) < 4.78 is 0. The van der Waals surface area contributed by atoms with Crippen LogP contribution >= 0.6 is 11.3 Å². The van der Waals surface area contributed by atoms with Crippen molar-refractivity contribution >= 4 is 17.6 Å². The highest BCUT2D eigenvalue weighted by Crippen LogP contribution is 2.23. The summed E-state index contributed by atoms with van der Waals surface area (Å²) >= 11 is 1.35. The number of carbonyl (C=O) groups is 1. The Labute approximate surface area is 69.5 Å². The number of hydrogen-bond donors (Lipinski definition) is 1. The van der Waals surface area contributed by atoms with Crippen LogP contribution in [0.4, 0.5) is 0 Å². The van der Waals surface area contributed by atoms with E-state index >= 15 is 0 Å². The maximum Gasteiger partial charge on any atom is 0.160 e. The summed E-state index contributed by atoms with van der Waals surface area (Å²) in [5, 5.41) is 9.33. The maximum absolute atomic E-state index is 10.3. The molecule has 0 aliphatic carbocycles. The Bertz CT molecular complexity index is 242. The molecule has 1 atom stereocenters. The summed E-state index contributed by atoms with van der Waals surface area (Å²) in [5.41, 5.74) is 0. The van der Waals surface area contributed by atoms with Gasteiger partial charge in [-0.25, -0.2) is 0 Å². The first-order valence-corrected chi connectivity index (χ1v) is 4.32. The lowest BCUT2D eigenvalue weighted by molar-refractivity contribution is 0.112. The molecule has 1 aromatic heterocycles. The maximum atomic E-state index is 10.3. The summed E-state index contributed by atoms with van der Waals surface area (Å²) in [4.78, 5) is 11.8. The highest BCUT2D eigenvalue weighted by Gasteiger charge is 2.06. The Kier molecular flexibility index (Phi) is 2.79. The van der Waals surface area contributed by atoms with Crippen LogP contribution in [0, 0.1) is 0 Å². The van der Waals surface area contributed by atoms with Crippen LogP contribution in [-0.2, 0) is 0 Å². The van der Waals surface area contributed by atoms with Gasteiger partial charge in [-0.05, 0) is 18.6 Å². The first kappa shape index (κ1) is 8.43. The Morgan fingerprint density at radius 3 is 2.91 bits per heavy atom. The second-order valence-electron chi connectivity index (χ2n) is 2.28. The third-order valence-corrected chi connectivity index (χ3v) is 2.59. The van der Waals surface area contributed by atoms with Crippen LogP contribution in [0.1, 0.15) is 34.0 Å². The molecule has 0 aliphatic heterocycles. The van der Waals surface area contributed by atoms with E-state index in [4.69, 9.17) is 0 Å². The van der Waals surface area contributed by atoms with E-state index in [1.165, 1.54) is 11.3 Å². The molecule has 0 saturated heterocycles. The van der Waals surface area contributed by atoms with E-state index in [-0.39, 0.29) is 0 Å². The first-order chi connectivity index (χ1) is 5.27. The predicted octanol–water partition coefficient (Wildman–Crippen LogP) is 2.00. The standard InChI is InChI=1S/C8H10O2S/c1-2-7(10)8-4-3-6(5-9)11-8/h3-5,7,10H,2H2,1H3. The second kappa shape index (κ2) is 3.64. The molecule has 1 N–H and O–H groups in total. The third kappa shape index (κ3) is 1.88. The summed E-state index contributed by atoms with van der Waals surface area (Å²) in [5.74, 6) is 0. The highest BCUT2D eigenvalue weighted by atomic mass is 32.1. The van der Waals surface area contributed by atoms with Crippen molar-refractivity contribution in [3.05, 3.63) is 21.9 Å². The van der Waals surface area contributed by atoms with Gasteiger partial charge < -0.3 is 5.11 Å². The van der Waals surface area contributed by atoms with Crippen molar-refractivity contribution in [3.8, 4) is 0 Å². The van der Waals surface area contributed by atoms with E-state index in [1.807, 2.05) is 6.92 Å². The molecule has 0 bridgehead atoms. The van der Waals surface area contributed by atoms with E-state index in [0.29, 0.717) is 11.3 Å². The summed E-state index contributed by atoms with van der Waals surface area (Å²) in [6.07, 6.45) is 1.09. The third-order valence-electron chi connectivity index (χ3n) is 1.48. The fraction of sp³-hybridized carbons (Fsp3) is 0.375. The number of aliphatic hydroxyl groups excluding tert-OH is 1. The molecule has 2 nitrogen and oxygen atoms in total. The summed E-state index contributed by atoms with van der Waals surface area (Å²) in [6, 6.07) is 3.52. The first-order valence-electron chi connectivity index (χ1n) is 3.51. The zero-order valence-corrected chi connectivity index (χ0v) is 7.10. The Balaban J connectivity index is 2.79. The molecular weight excluding hydrogens is 160 g/mol. The molecule has 60 valence electrons. The van der Waals surface area contributed by atoms with Crippen LogP contribution in [-0.4, -0.2) is 11.4 Å². The topological polar surface area (TPSA) is 37.3 Å². The molecular formula is C8H10O2S. The molecule has 0 aromatic carbocycles. The molecule has 0 amide bonds. The molecule has 0 fully saturated rings. The van der Waals surface area contributed by atoms with Gasteiger partial charge in [0.1, 0.15) is 0 Å². The molecule has 0 aliphatic rings. The van der Waals surface area contributed by atoms with Gasteiger partial charge >= 0.3 is 0 Å². The molecule has 0 spiro atoms. The van der Waals surface area contributed by atoms with Gasteiger partial charge in [0.25, 0.3) is 0 Å².